The third kappa shape index (κ3) is 0.630. The van der Waals surface area contributed by atoms with E-state index in [1.54, 1.807) is 0 Å². The van der Waals surface area contributed by atoms with Crippen LogP contribution in [0.5, 0.6) is 0 Å². The monoisotopic (exact) mass is 159 g/mol. The van der Waals surface area contributed by atoms with Crippen LogP contribution < -0.4 is 10.7 Å². The summed E-state index contributed by atoms with van der Waals surface area (Å²) in [6.45, 7) is 0.984. The predicted molar refractivity (Wildman–Crippen MR) is 49.8 cm³/mol. The van der Waals surface area contributed by atoms with Gasteiger partial charge in [-0.05, 0) is 12.1 Å². The summed E-state index contributed by atoms with van der Waals surface area (Å²) in [6, 6.07) is 6.21. The zero-order valence-corrected chi connectivity index (χ0v) is 6.54. The summed E-state index contributed by atoms with van der Waals surface area (Å²) in [5.74, 6) is 0.470. The number of anilines is 2. The fraction of sp³-hybridized carbons (Fsp3) is 0.222. The van der Waals surface area contributed by atoms with Gasteiger partial charge in [-0.1, -0.05) is 6.07 Å². The van der Waals surface area contributed by atoms with Crippen LogP contribution in [0.1, 0.15) is 11.5 Å². The Balaban J connectivity index is 2.28. The van der Waals surface area contributed by atoms with E-state index in [-0.39, 0.29) is 0 Å². The first kappa shape index (κ1) is 6.06. The molecule has 0 saturated carbocycles. The second-order valence-corrected chi connectivity index (χ2v) is 3.14. The van der Waals surface area contributed by atoms with Gasteiger partial charge < -0.3 is 5.32 Å². The highest BCUT2D eigenvalue weighted by atomic mass is 15.3. The van der Waals surface area contributed by atoms with E-state index in [9.17, 15) is 0 Å². The fourth-order valence-electron chi connectivity index (χ4n) is 1.86. The lowest BCUT2D eigenvalue weighted by atomic mass is 10.00. The maximum atomic E-state index is 4.09. The molecule has 1 aromatic carbocycles. The molecule has 0 spiro atoms. The molecule has 0 amide bonds. The van der Waals surface area contributed by atoms with Crippen LogP contribution in [0.4, 0.5) is 11.4 Å². The van der Waals surface area contributed by atoms with Crippen molar-refractivity contribution in [3.63, 3.8) is 0 Å². The van der Waals surface area contributed by atoms with Gasteiger partial charge in [0.1, 0.15) is 0 Å². The van der Waals surface area contributed by atoms with E-state index in [0.29, 0.717) is 5.92 Å². The smallest absolute Gasteiger partial charge is 0.0621 e. The topological polar surface area (TPSA) is 36.4 Å². The van der Waals surface area contributed by atoms with E-state index in [1.807, 2.05) is 12.3 Å². The van der Waals surface area contributed by atoms with Crippen LogP contribution in [-0.2, 0) is 0 Å². The highest BCUT2D eigenvalue weighted by Crippen LogP contribution is 2.37. The van der Waals surface area contributed by atoms with Gasteiger partial charge in [0.2, 0.25) is 0 Å². The van der Waals surface area contributed by atoms with Crippen LogP contribution in [0.2, 0.25) is 0 Å². The summed E-state index contributed by atoms with van der Waals surface area (Å²) in [5.41, 5.74) is 6.76. The zero-order chi connectivity index (χ0) is 7.97. The number of hydrogen-bond donors (Lipinski definition) is 2. The third-order valence-corrected chi connectivity index (χ3v) is 2.43. The van der Waals surface area contributed by atoms with Crippen molar-refractivity contribution < 1.29 is 0 Å². The van der Waals surface area contributed by atoms with Crippen LogP contribution in [0, 0.1) is 0 Å². The van der Waals surface area contributed by atoms with Crippen molar-refractivity contribution in [3.8, 4) is 0 Å². The van der Waals surface area contributed by atoms with Crippen molar-refractivity contribution in [2.24, 2.45) is 5.10 Å². The molecule has 2 N–H and O–H groups in total. The molecular weight excluding hydrogens is 150 g/mol. The van der Waals surface area contributed by atoms with E-state index in [0.717, 1.165) is 12.2 Å². The summed E-state index contributed by atoms with van der Waals surface area (Å²) < 4.78 is 0. The Morgan fingerprint density at radius 3 is 3.25 bits per heavy atom. The molecule has 2 heterocycles. The lowest BCUT2D eigenvalue weighted by Crippen LogP contribution is -2.09. The van der Waals surface area contributed by atoms with Crippen molar-refractivity contribution in [1.82, 2.24) is 0 Å². The number of rotatable bonds is 0. The lowest BCUT2D eigenvalue weighted by Gasteiger charge is -2.14. The summed E-state index contributed by atoms with van der Waals surface area (Å²) >= 11 is 0. The number of hydrogen-bond acceptors (Lipinski definition) is 3. The van der Waals surface area contributed by atoms with Gasteiger partial charge in [-0.25, -0.2) is 0 Å². The largest absolute Gasteiger partial charge is 0.384 e. The van der Waals surface area contributed by atoms with E-state index >= 15 is 0 Å². The Labute approximate surface area is 70.5 Å². The van der Waals surface area contributed by atoms with Crippen LogP contribution in [0.15, 0.2) is 23.3 Å². The Morgan fingerprint density at radius 1 is 1.33 bits per heavy atom. The molecule has 12 heavy (non-hydrogen) atoms. The highest BCUT2D eigenvalue weighted by molar-refractivity contribution is 5.85. The zero-order valence-electron chi connectivity index (χ0n) is 6.54. The SMILES string of the molecule is C1=NNc2cccc3c2C1CN3. The standard InChI is InChI=1S/C9H9N3/c1-2-7-9-6(4-10-7)5-11-12-8(9)3-1/h1-3,5-6,10,12H,4H2. The maximum absolute atomic E-state index is 4.09. The molecule has 0 bridgehead atoms. The number of benzene rings is 1. The molecule has 60 valence electrons. The summed E-state index contributed by atoms with van der Waals surface area (Å²) in [7, 11) is 0. The number of nitrogens with zero attached hydrogens (tertiary/aromatic N) is 1. The number of nitrogens with one attached hydrogen (secondary N) is 2. The number of hydrazone groups is 1. The van der Waals surface area contributed by atoms with E-state index in [2.05, 4.69) is 28.0 Å². The van der Waals surface area contributed by atoms with Crippen molar-refractivity contribution in [1.29, 1.82) is 0 Å². The molecule has 2 aliphatic heterocycles. The molecule has 1 atom stereocenters. The average Bonchev–Trinajstić information content (AvgIpc) is 2.52. The molecule has 0 radical (unpaired) electrons. The first-order chi connectivity index (χ1) is 5.95. The van der Waals surface area contributed by atoms with Gasteiger partial charge in [-0.2, -0.15) is 5.10 Å². The minimum atomic E-state index is 0.470. The third-order valence-electron chi connectivity index (χ3n) is 2.43. The van der Waals surface area contributed by atoms with Gasteiger partial charge in [0, 0.05) is 29.9 Å². The average molecular weight is 159 g/mol. The van der Waals surface area contributed by atoms with Crippen LogP contribution >= 0.6 is 0 Å². The summed E-state index contributed by atoms with van der Waals surface area (Å²) in [4.78, 5) is 0. The van der Waals surface area contributed by atoms with E-state index in [1.165, 1.54) is 11.3 Å². The minimum absolute atomic E-state index is 0.470. The van der Waals surface area contributed by atoms with Crippen molar-refractivity contribution >= 4 is 17.6 Å². The molecule has 3 nitrogen and oxygen atoms in total. The van der Waals surface area contributed by atoms with Gasteiger partial charge in [0.05, 0.1) is 5.69 Å². The first-order valence-corrected chi connectivity index (χ1v) is 4.11. The Hall–Kier alpha value is -1.51. The fourth-order valence-corrected chi connectivity index (χ4v) is 1.86. The van der Waals surface area contributed by atoms with Gasteiger partial charge in [-0.15, -0.1) is 0 Å². The molecular formula is C9H9N3. The van der Waals surface area contributed by atoms with Gasteiger partial charge in [-0.3, -0.25) is 5.43 Å². The molecule has 3 heteroatoms. The predicted octanol–water partition coefficient (Wildman–Crippen LogP) is 1.61. The van der Waals surface area contributed by atoms with Gasteiger partial charge in [0.15, 0.2) is 0 Å². The quantitative estimate of drug-likeness (QED) is 0.603. The molecule has 0 saturated heterocycles. The normalized spacial score (nSPS) is 22.8. The Kier molecular flexibility index (Phi) is 1.01. The molecule has 2 aliphatic rings. The van der Waals surface area contributed by atoms with Crippen molar-refractivity contribution in [3.05, 3.63) is 23.8 Å². The lowest BCUT2D eigenvalue weighted by molar-refractivity contribution is 0.994. The second-order valence-electron chi connectivity index (χ2n) is 3.14. The maximum Gasteiger partial charge on any atom is 0.0621 e. The Bertz CT molecular complexity index is 357. The highest BCUT2D eigenvalue weighted by Gasteiger charge is 2.25. The van der Waals surface area contributed by atoms with Crippen LogP contribution in [0.3, 0.4) is 0 Å². The van der Waals surface area contributed by atoms with Gasteiger partial charge >= 0.3 is 0 Å². The molecule has 1 aromatic rings. The second kappa shape index (κ2) is 2.00. The van der Waals surface area contributed by atoms with Crippen LogP contribution in [-0.4, -0.2) is 12.8 Å². The molecule has 1 unspecified atom stereocenters. The molecule has 3 rings (SSSR count). The van der Waals surface area contributed by atoms with Gasteiger partial charge in [0.25, 0.3) is 0 Å². The Morgan fingerprint density at radius 2 is 2.25 bits per heavy atom. The van der Waals surface area contributed by atoms with Crippen LogP contribution in [0.25, 0.3) is 0 Å². The van der Waals surface area contributed by atoms with Crippen molar-refractivity contribution in [2.75, 3.05) is 17.3 Å². The summed E-state index contributed by atoms with van der Waals surface area (Å²) in [6.07, 6.45) is 1.96. The molecule has 0 aromatic heterocycles. The molecule has 0 fully saturated rings. The van der Waals surface area contributed by atoms with Crippen molar-refractivity contribution in [2.45, 2.75) is 5.92 Å². The minimum Gasteiger partial charge on any atom is -0.384 e. The summed E-state index contributed by atoms with van der Waals surface area (Å²) in [5, 5.41) is 7.44. The van der Waals surface area contributed by atoms with E-state index in [4.69, 9.17) is 0 Å². The van der Waals surface area contributed by atoms with E-state index < -0.39 is 0 Å². The molecule has 0 aliphatic carbocycles. The first-order valence-electron chi connectivity index (χ1n) is 4.11.